The zero-order chi connectivity index (χ0) is 17.6. The molecule has 0 saturated heterocycles. The molecule has 0 bridgehead atoms. The molecule has 1 amide bonds. The molecule has 1 aliphatic carbocycles. The van der Waals surface area contributed by atoms with Crippen LogP contribution in [-0.4, -0.2) is 41.4 Å². The van der Waals surface area contributed by atoms with Crippen LogP contribution in [0.15, 0.2) is 0 Å². The summed E-state index contributed by atoms with van der Waals surface area (Å²) in [4.78, 5) is 23.1. The standard InChI is InChI=1S/C17H32N2O4/c1-11(2)14(19-16(22)23-17(3,4)5)10-18-13-8-6-7-12(9-13)15(20)21/h11-14,18H,6-10H2,1-5H3,(H,19,22)(H,20,21). The van der Waals surface area contributed by atoms with Gasteiger partial charge in [0.2, 0.25) is 0 Å². The van der Waals surface area contributed by atoms with Gasteiger partial charge < -0.3 is 20.5 Å². The molecule has 134 valence electrons. The van der Waals surface area contributed by atoms with Crippen molar-refractivity contribution in [1.29, 1.82) is 0 Å². The highest BCUT2D eigenvalue weighted by molar-refractivity contribution is 5.70. The fraction of sp³-hybridized carbons (Fsp3) is 0.882. The fourth-order valence-electron chi connectivity index (χ4n) is 2.81. The van der Waals surface area contributed by atoms with Crippen LogP contribution < -0.4 is 10.6 Å². The van der Waals surface area contributed by atoms with Gasteiger partial charge in [-0.15, -0.1) is 0 Å². The van der Waals surface area contributed by atoms with E-state index in [1.165, 1.54) is 0 Å². The molecule has 1 aliphatic rings. The van der Waals surface area contributed by atoms with Gasteiger partial charge in [0, 0.05) is 18.6 Å². The van der Waals surface area contributed by atoms with Crippen LogP contribution >= 0.6 is 0 Å². The summed E-state index contributed by atoms with van der Waals surface area (Å²) in [5.41, 5.74) is -0.517. The highest BCUT2D eigenvalue weighted by atomic mass is 16.6. The smallest absolute Gasteiger partial charge is 0.407 e. The van der Waals surface area contributed by atoms with E-state index in [4.69, 9.17) is 9.84 Å². The quantitative estimate of drug-likeness (QED) is 0.698. The first-order chi connectivity index (χ1) is 10.6. The molecular weight excluding hydrogens is 296 g/mol. The lowest BCUT2D eigenvalue weighted by atomic mass is 9.85. The maximum absolute atomic E-state index is 11.9. The second-order valence-electron chi connectivity index (χ2n) is 7.80. The van der Waals surface area contributed by atoms with Crippen molar-refractivity contribution < 1.29 is 19.4 Å². The van der Waals surface area contributed by atoms with Crippen molar-refractivity contribution in [1.82, 2.24) is 10.6 Å². The summed E-state index contributed by atoms with van der Waals surface area (Å²) < 4.78 is 5.30. The predicted octanol–water partition coefficient (Wildman–Crippen LogP) is 2.77. The average molecular weight is 328 g/mol. The summed E-state index contributed by atoms with van der Waals surface area (Å²) in [5.74, 6) is -0.699. The van der Waals surface area contributed by atoms with Gasteiger partial charge >= 0.3 is 12.1 Å². The number of nitrogens with one attached hydrogen (secondary N) is 2. The first-order valence-electron chi connectivity index (χ1n) is 8.54. The Kier molecular flexibility index (Phi) is 7.32. The second kappa shape index (κ2) is 8.52. The van der Waals surface area contributed by atoms with Crippen LogP contribution in [0.4, 0.5) is 4.79 Å². The first kappa shape index (κ1) is 19.7. The molecule has 1 fully saturated rings. The van der Waals surface area contributed by atoms with E-state index >= 15 is 0 Å². The normalized spacial score (nSPS) is 23.4. The van der Waals surface area contributed by atoms with Gasteiger partial charge in [-0.3, -0.25) is 4.79 Å². The summed E-state index contributed by atoms with van der Waals surface area (Å²) >= 11 is 0. The van der Waals surface area contributed by atoms with Crippen LogP contribution in [0.2, 0.25) is 0 Å². The monoisotopic (exact) mass is 328 g/mol. The van der Waals surface area contributed by atoms with Crippen LogP contribution in [0.25, 0.3) is 0 Å². The lowest BCUT2D eigenvalue weighted by Crippen LogP contribution is -2.49. The van der Waals surface area contributed by atoms with E-state index in [0.717, 1.165) is 19.3 Å². The molecule has 6 heteroatoms. The third-order valence-electron chi connectivity index (χ3n) is 4.16. The topological polar surface area (TPSA) is 87.7 Å². The molecule has 3 N–H and O–H groups in total. The Bertz CT molecular complexity index is 404. The Morgan fingerprint density at radius 1 is 1.26 bits per heavy atom. The SMILES string of the molecule is CC(C)C(CNC1CCCC(C(=O)O)C1)NC(=O)OC(C)(C)C. The number of ether oxygens (including phenoxy) is 1. The number of carbonyl (C=O) groups is 2. The Balaban J connectivity index is 2.47. The van der Waals surface area contributed by atoms with Gasteiger partial charge in [-0.1, -0.05) is 20.3 Å². The summed E-state index contributed by atoms with van der Waals surface area (Å²) in [7, 11) is 0. The number of carboxylic acids is 1. The van der Waals surface area contributed by atoms with E-state index in [0.29, 0.717) is 13.0 Å². The van der Waals surface area contributed by atoms with Gasteiger partial charge in [0.1, 0.15) is 5.60 Å². The molecule has 3 unspecified atom stereocenters. The predicted molar refractivity (Wildman–Crippen MR) is 89.4 cm³/mol. The van der Waals surface area contributed by atoms with Crippen LogP contribution in [0.5, 0.6) is 0 Å². The van der Waals surface area contributed by atoms with Crippen molar-refractivity contribution in [3.63, 3.8) is 0 Å². The molecule has 6 nitrogen and oxygen atoms in total. The zero-order valence-electron chi connectivity index (χ0n) is 15.0. The largest absolute Gasteiger partial charge is 0.481 e. The molecule has 23 heavy (non-hydrogen) atoms. The van der Waals surface area contributed by atoms with Gasteiger partial charge in [-0.2, -0.15) is 0 Å². The third-order valence-corrected chi connectivity index (χ3v) is 4.16. The lowest BCUT2D eigenvalue weighted by Gasteiger charge is -2.31. The van der Waals surface area contributed by atoms with E-state index in [-0.39, 0.29) is 23.9 Å². The Morgan fingerprint density at radius 2 is 1.91 bits per heavy atom. The van der Waals surface area contributed by atoms with Crippen molar-refractivity contribution in [3.8, 4) is 0 Å². The molecule has 0 aromatic heterocycles. The molecule has 0 aromatic carbocycles. The van der Waals surface area contributed by atoms with E-state index in [1.807, 2.05) is 34.6 Å². The van der Waals surface area contributed by atoms with Crippen molar-refractivity contribution in [2.24, 2.45) is 11.8 Å². The minimum absolute atomic E-state index is 0.0462. The summed E-state index contributed by atoms with van der Waals surface area (Å²) in [6, 6.07) is 0.154. The lowest BCUT2D eigenvalue weighted by molar-refractivity contribution is -0.143. The highest BCUT2D eigenvalue weighted by Crippen LogP contribution is 2.24. The number of hydrogen-bond acceptors (Lipinski definition) is 4. The molecule has 0 aliphatic heterocycles. The third kappa shape index (κ3) is 7.68. The second-order valence-corrected chi connectivity index (χ2v) is 7.80. The summed E-state index contributed by atoms with van der Waals surface area (Å²) in [6.07, 6.45) is 2.93. The van der Waals surface area contributed by atoms with Crippen LogP contribution in [0.1, 0.15) is 60.3 Å². The Morgan fingerprint density at radius 3 is 2.43 bits per heavy atom. The molecule has 3 atom stereocenters. The Hall–Kier alpha value is -1.30. The zero-order valence-corrected chi connectivity index (χ0v) is 15.0. The number of carboxylic acid groups (broad SMARTS) is 1. The molecule has 0 aromatic rings. The molecular formula is C17H32N2O4. The number of amides is 1. The fourth-order valence-corrected chi connectivity index (χ4v) is 2.81. The van der Waals surface area contributed by atoms with E-state index in [2.05, 4.69) is 10.6 Å². The van der Waals surface area contributed by atoms with Gasteiger partial charge in [-0.05, 0) is 46.0 Å². The van der Waals surface area contributed by atoms with Crippen LogP contribution in [0.3, 0.4) is 0 Å². The molecule has 1 rings (SSSR count). The maximum atomic E-state index is 11.9. The number of rotatable bonds is 6. The van der Waals surface area contributed by atoms with Gasteiger partial charge in [0.15, 0.2) is 0 Å². The van der Waals surface area contributed by atoms with Crippen molar-refractivity contribution >= 4 is 12.1 Å². The number of hydrogen-bond donors (Lipinski definition) is 3. The van der Waals surface area contributed by atoms with Crippen molar-refractivity contribution in [2.75, 3.05) is 6.54 Å². The van der Waals surface area contributed by atoms with E-state index in [1.54, 1.807) is 0 Å². The molecule has 1 saturated carbocycles. The van der Waals surface area contributed by atoms with Gasteiger partial charge in [-0.25, -0.2) is 4.79 Å². The molecule has 0 heterocycles. The van der Waals surface area contributed by atoms with Crippen molar-refractivity contribution in [3.05, 3.63) is 0 Å². The summed E-state index contributed by atoms with van der Waals surface area (Å²) in [6.45, 7) is 10.2. The van der Waals surface area contributed by atoms with Gasteiger partial charge in [0.25, 0.3) is 0 Å². The van der Waals surface area contributed by atoms with Gasteiger partial charge in [0.05, 0.1) is 5.92 Å². The van der Waals surface area contributed by atoms with Crippen molar-refractivity contribution in [2.45, 2.75) is 78.0 Å². The number of aliphatic carboxylic acids is 1. The number of carbonyl (C=O) groups excluding carboxylic acids is 1. The van der Waals surface area contributed by atoms with E-state index in [9.17, 15) is 9.59 Å². The van der Waals surface area contributed by atoms with Crippen LogP contribution in [-0.2, 0) is 9.53 Å². The maximum Gasteiger partial charge on any atom is 0.407 e. The Labute approximate surface area is 139 Å². The molecule has 0 radical (unpaired) electrons. The minimum Gasteiger partial charge on any atom is -0.481 e. The van der Waals surface area contributed by atoms with E-state index < -0.39 is 17.7 Å². The first-order valence-corrected chi connectivity index (χ1v) is 8.54. The summed E-state index contributed by atoms with van der Waals surface area (Å²) in [5, 5.41) is 15.5. The highest BCUT2D eigenvalue weighted by Gasteiger charge is 2.28. The minimum atomic E-state index is -0.705. The van der Waals surface area contributed by atoms with Crippen LogP contribution in [0, 0.1) is 11.8 Å². The number of alkyl carbamates (subject to hydrolysis) is 1. The average Bonchev–Trinajstić information content (AvgIpc) is 2.41. The molecule has 0 spiro atoms.